The molecule has 6 nitrogen and oxygen atoms in total. The van der Waals surface area contributed by atoms with E-state index >= 15 is 0 Å². The van der Waals surface area contributed by atoms with Crippen molar-refractivity contribution in [1.29, 1.82) is 0 Å². The number of carboxylic acid groups (broad SMARTS) is 1. The summed E-state index contributed by atoms with van der Waals surface area (Å²) >= 11 is 0. The van der Waals surface area contributed by atoms with Gasteiger partial charge >= 0.3 is 5.97 Å². The predicted octanol–water partition coefficient (Wildman–Crippen LogP) is 2.45. The smallest absolute Gasteiger partial charge is 0.303 e. The Morgan fingerprint density at radius 3 is 3.00 bits per heavy atom. The molecule has 0 saturated heterocycles. The summed E-state index contributed by atoms with van der Waals surface area (Å²) in [6, 6.07) is 7.72. The van der Waals surface area contributed by atoms with E-state index < -0.39 is 5.97 Å². The van der Waals surface area contributed by atoms with Crippen LogP contribution in [0.4, 0.5) is 0 Å². The van der Waals surface area contributed by atoms with Gasteiger partial charge < -0.3 is 14.4 Å². The van der Waals surface area contributed by atoms with Crippen LogP contribution in [0.3, 0.4) is 0 Å². The van der Waals surface area contributed by atoms with Crippen LogP contribution in [0, 0.1) is 0 Å². The average Bonchev–Trinajstić information content (AvgIpc) is 2.95. The molecule has 6 heteroatoms. The van der Waals surface area contributed by atoms with Crippen LogP contribution in [0.25, 0.3) is 0 Å². The van der Waals surface area contributed by atoms with Crippen molar-refractivity contribution in [1.82, 2.24) is 10.1 Å². The van der Waals surface area contributed by atoms with Crippen LogP contribution in [0.15, 0.2) is 35.2 Å². The van der Waals surface area contributed by atoms with Gasteiger partial charge in [0.05, 0.1) is 0 Å². The summed E-state index contributed by atoms with van der Waals surface area (Å²) in [7, 11) is 0. The molecule has 0 radical (unpaired) electrons. The van der Waals surface area contributed by atoms with Crippen LogP contribution in [0.5, 0.6) is 5.75 Å². The van der Waals surface area contributed by atoms with Crippen molar-refractivity contribution in [2.45, 2.75) is 32.3 Å². The van der Waals surface area contributed by atoms with Gasteiger partial charge in [0.15, 0.2) is 6.61 Å². The maximum Gasteiger partial charge on any atom is 0.303 e. The minimum absolute atomic E-state index is 0.216. The summed E-state index contributed by atoms with van der Waals surface area (Å²) in [6.45, 7) is 0.263. The highest BCUT2D eigenvalue weighted by atomic mass is 16.5. The monoisotopic (exact) mass is 276 g/mol. The fourth-order valence-corrected chi connectivity index (χ4v) is 1.80. The second kappa shape index (κ2) is 7.28. The fraction of sp³-hybridized carbons (Fsp3) is 0.357. The zero-order valence-corrected chi connectivity index (χ0v) is 11.0. The van der Waals surface area contributed by atoms with Gasteiger partial charge in [-0.1, -0.05) is 17.3 Å². The summed E-state index contributed by atoms with van der Waals surface area (Å²) in [5.74, 6) is 0.490. The molecule has 0 unspecified atom stereocenters. The number of aliphatic carboxylic acids is 1. The molecular weight excluding hydrogens is 260 g/mol. The van der Waals surface area contributed by atoms with Gasteiger partial charge in [-0.05, 0) is 37.0 Å². The lowest BCUT2D eigenvalue weighted by Crippen LogP contribution is -1.98. The maximum absolute atomic E-state index is 10.4. The van der Waals surface area contributed by atoms with Crippen molar-refractivity contribution in [3.05, 3.63) is 42.0 Å². The summed E-state index contributed by atoms with van der Waals surface area (Å²) in [5, 5.41) is 12.2. The summed E-state index contributed by atoms with van der Waals surface area (Å²) in [5.41, 5.74) is 1.13. The summed E-state index contributed by atoms with van der Waals surface area (Å²) in [6.07, 6.45) is 3.85. The van der Waals surface area contributed by atoms with E-state index in [2.05, 4.69) is 14.7 Å². The molecule has 0 fully saturated rings. The standard InChI is InChI=1S/C14H16N2O4/c17-14(18)7-2-1-4-11-5-3-6-12(8-11)19-9-13-15-10-20-16-13/h3,5-6,8,10H,1-2,4,7,9H2,(H,17,18). The van der Waals surface area contributed by atoms with Gasteiger partial charge in [0, 0.05) is 6.42 Å². The molecule has 0 saturated carbocycles. The van der Waals surface area contributed by atoms with Gasteiger partial charge in [0.2, 0.25) is 12.2 Å². The molecule has 1 N–H and O–H groups in total. The summed E-state index contributed by atoms with van der Waals surface area (Å²) < 4.78 is 10.2. The van der Waals surface area contributed by atoms with Crippen molar-refractivity contribution >= 4 is 5.97 Å². The number of unbranched alkanes of at least 4 members (excludes halogenated alkanes) is 1. The number of rotatable bonds is 8. The highest BCUT2D eigenvalue weighted by Crippen LogP contribution is 2.16. The third-order valence-corrected chi connectivity index (χ3v) is 2.78. The molecule has 1 aromatic heterocycles. The molecule has 0 aliphatic carbocycles. The Morgan fingerprint density at radius 1 is 1.35 bits per heavy atom. The van der Waals surface area contributed by atoms with E-state index in [9.17, 15) is 4.79 Å². The number of ether oxygens (including phenoxy) is 1. The Morgan fingerprint density at radius 2 is 2.25 bits per heavy atom. The van der Waals surface area contributed by atoms with Gasteiger partial charge in [-0.3, -0.25) is 4.79 Å². The van der Waals surface area contributed by atoms with Crippen LogP contribution in [-0.2, 0) is 17.8 Å². The molecule has 0 spiro atoms. The van der Waals surface area contributed by atoms with Crippen LogP contribution in [0.1, 0.15) is 30.7 Å². The number of hydrogen-bond acceptors (Lipinski definition) is 5. The van der Waals surface area contributed by atoms with E-state index in [0.717, 1.165) is 24.2 Å². The first-order valence-corrected chi connectivity index (χ1v) is 6.43. The second-order valence-corrected chi connectivity index (χ2v) is 4.38. The molecular formula is C14H16N2O4. The quantitative estimate of drug-likeness (QED) is 0.745. The highest BCUT2D eigenvalue weighted by Gasteiger charge is 2.02. The molecule has 0 amide bonds. The van der Waals surface area contributed by atoms with Crippen molar-refractivity contribution in [3.8, 4) is 5.75 Å². The molecule has 20 heavy (non-hydrogen) atoms. The topological polar surface area (TPSA) is 85.5 Å². The lowest BCUT2D eigenvalue weighted by Gasteiger charge is -2.06. The lowest BCUT2D eigenvalue weighted by atomic mass is 10.1. The number of aromatic nitrogens is 2. The van der Waals surface area contributed by atoms with Gasteiger partial charge in [0.25, 0.3) is 0 Å². The molecule has 2 aromatic rings. The molecule has 0 aliphatic rings. The number of carboxylic acids is 1. The first-order chi connectivity index (χ1) is 9.74. The van der Waals surface area contributed by atoms with Gasteiger partial charge in [0.1, 0.15) is 5.75 Å². The third kappa shape index (κ3) is 4.72. The number of carbonyl (C=O) groups is 1. The van der Waals surface area contributed by atoms with Crippen LogP contribution >= 0.6 is 0 Å². The predicted molar refractivity (Wildman–Crippen MR) is 70.3 cm³/mol. The van der Waals surface area contributed by atoms with Gasteiger partial charge in [-0.15, -0.1) is 0 Å². The maximum atomic E-state index is 10.4. The van der Waals surface area contributed by atoms with Crippen molar-refractivity contribution in [3.63, 3.8) is 0 Å². The SMILES string of the molecule is O=C(O)CCCCc1cccc(OCc2ncon2)c1. The van der Waals surface area contributed by atoms with E-state index in [0.29, 0.717) is 12.2 Å². The van der Waals surface area contributed by atoms with Crippen LogP contribution < -0.4 is 4.74 Å². The van der Waals surface area contributed by atoms with E-state index in [4.69, 9.17) is 9.84 Å². The number of nitrogens with zero attached hydrogens (tertiary/aromatic N) is 2. The Bertz CT molecular complexity index is 540. The Hall–Kier alpha value is -2.37. The van der Waals surface area contributed by atoms with Crippen LogP contribution in [0.2, 0.25) is 0 Å². The zero-order valence-electron chi connectivity index (χ0n) is 11.0. The number of benzene rings is 1. The van der Waals surface area contributed by atoms with Crippen molar-refractivity contribution < 1.29 is 19.2 Å². The average molecular weight is 276 g/mol. The largest absolute Gasteiger partial charge is 0.485 e. The second-order valence-electron chi connectivity index (χ2n) is 4.38. The molecule has 1 heterocycles. The molecule has 1 aromatic carbocycles. The molecule has 2 rings (SSSR count). The molecule has 106 valence electrons. The van der Waals surface area contributed by atoms with E-state index in [1.165, 1.54) is 6.39 Å². The number of aryl methyl sites for hydroxylation is 1. The van der Waals surface area contributed by atoms with Gasteiger partial charge in [-0.2, -0.15) is 4.98 Å². The first kappa shape index (κ1) is 14.0. The Labute approximate surface area is 116 Å². The number of hydrogen-bond donors (Lipinski definition) is 1. The molecule has 0 aliphatic heterocycles. The third-order valence-electron chi connectivity index (χ3n) is 2.78. The molecule has 0 atom stereocenters. The van der Waals surface area contributed by atoms with E-state index in [1.54, 1.807) is 0 Å². The Kier molecular flexibility index (Phi) is 5.11. The van der Waals surface area contributed by atoms with Crippen molar-refractivity contribution in [2.24, 2.45) is 0 Å². The lowest BCUT2D eigenvalue weighted by molar-refractivity contribution is -0.137. The minimum Gasteiger partial charge on any atom is -0.485 e. The zero-order chi connectivity index (χ0) is 14.2. The molecule has 0 bridgehead atoms. The van der Waals surface area contributed by atoms with E-state index in [1.807, 2.05) is 24.3 Å². The Balaban J connectivity index is 1.79. The van der Waals surface area contributed by atoms with Crippen molar-refractivity contribution in [2.75, 3.05) is 0 Å². The normalized spacial score (nSPS) is 10.4. The summed E-state index contributed by atoms with van der Waals surface area (Å²) in [4.78, 5) is 14.3. The van der Waals surface area contributed by atoms with Gasteiger partial charge in [-0.25, -0.2) is 0 Å². The van der Waals surface area contributed by atoms with Crippen LogP contribution in [-0.4, -0.2) is 21.2 Å². The first-order valence-electron chi connectivity index (χ1n) is 6.43. The van der Waals surface area contributed by atoms with E-state index in [-0.39, 0.29) is 13.0 Å². The minimum atomic E-state index is -0.748. The highest BCUT2D eigenvalue weighted by molar-refractivity contribution is 5.66. The fourth-order valence-electron chi connectivity index (χ4n) is 1.80.